The Morgan fingerprint density at radius 3 is 2.87 bits per heavy atom. The van der Waals surface area contributed by atoms with Gasteiger partial charge in [-0.05, 0) is 31.0 Å². The minimum absolute atomic E-state index is 0.0227. The lowest BCUT2D eigenvalue weighted by atomic mass is 10.1. The van der Waals surface area contributed by atoms with Crippen molar-refractivity contribution in [2.75, 3.05) is 31.3 Å². The smallest absolute Gasteiger partial charge is 0.383 e. The third-order valence-corrected chi connectivity index (χ3v) is 5.24. The van der Waals surface area contributed by atoms with E-state index in [-0.39, 0.29) is 17.6 Å². The van der Waals surface area contributed by atoms with Crippen LogP contribution >= 0.6 is 0 Å². The molecule has 3 aromatic rings. The molecule has 2 amide bonds. The highest BCUT2D eigenvalue weighted by molar-refractivity contribution is 5.89. The van der Waals surface area contributed by atoms with Gasteiger partial charge in [0.15, 0.2) is 5.82 Å². The number of anilines is 2. The Morgan fingerprint density at radius 1 is 1.32 bits per heavy atom. The number of rotatable bonds is 4. The summed E-state index contributed by atoms with van der Waals surface area (Å²) in [5.41, 5.74) is 5.69. The van der Waals surface area contributed by atoms with Gasteiger partial charge < -0.3 is 19.8 Å². The van der Waals surface area contributed by atoms with Crippen LogP contribution in [0, 0.1) is 0 Å². The number of imidazole rings is 1. The van der Waals surface area contributed by atoms with Gasteiger partial charge >= 0.3 is 12.2 Å². The average Bonchev–Trinajstić information content (AvgIpc) is 3.33. The number of halogens is 3. The molecule has 1 aliphatic rings. The Labute approximate surface area is 175 Å². The lowest BCUT2D eigenvalue weighted by Crippen LogP contribution is -2.40. The Balaban J connectivity index is 1.57. The lowest BCUT2D eigenvalue weighted by Gasteiger charge is -2.23. The fourth-order valence-corrected chi connectivity index (χ4v) is 3.73. The summed E-state index contributed by atoms with van der Waals surface area (Å²) in [7, 11) is 1.60. The molecule has 8 nitrogen and oxygen atoms in total. The average molecular weight is 434 g/mol. The maximum Gasteiger partial charge on any atom is 0.419 e. The van der Waals surface area contributed by atoms with Crippen LogP contribution in [0.1, 0.15) is 18.4 Å². The number of hydrogen-bond acceptors (Lipinski definition) is 5. The molecule has 0 aliphatic carbocycles. The summed E-state index contributed by atoms with van der Waals surface area (Å²) < 4.78 is 46.2. The number of likely N-dealkylation sites (tertiary alicyclic amines) is 1. The second-order valence-corrected chi connectivity index (χ2v) is 7.34. The molecule has 164 valence electrons. The molecule has 31 heavy (non-hydrogen) atoms. The van der Waals surface area contributed by atoms with Crippen molar-refractivity contribution in [1.82, 2.24) is 19.3 Å². The standard InChI is InChI=1S/C20H21F3N6O2/c1-31-11-14-3-2-6-29(14)19(30)27-16-10-28-9-12(4-5-17(28)26-16)13-7-15(20(21,22)23)18(24)25-8-13/h4-5,7-10,14H,2-3,6,11H2,1H3,(H2,24,25)(H,27,30). The highest BCUT2D eigenvalue weighted by Gasteiger charge is 2.34. The molecule has 0 aromatic carbocycles. The van der Waals surface area contributed by atoms with E-state index in [0.717, 1.165) is 18.9 Å². The zero-order chi connectivity index (χ0) is 22.2. The number of hydrogen-bond donors (Lipinski definition) is 2. The van der Waals surface area contributed by atoms with E-state index in [2.05, 4.69) is 15.3 Å². The number of pyridine rings is 2. The molecule has 11 heteroatoms. The highest BCUT2D eigenvalue weighted by Crippen LogP contribution is 2.35. The molecule has 4 rings (SSSR count). The van der Waals surface area contributed by atoms with Crippen molar-refractivity contribution in [2.45, 2.75) is 25.1 Å². The number of nitrogens with two attached hydrogens (primary N) is 1. The Hall–Kier alpha value is -3.34. The predicted molar refractivity (Wildman–Crippen MR) is 108 cm³/mol. The van der Waals surface area contributed by atoms with E-state index in [9.17, 15) is 18.0 Å². The minimum Gasteiger partial charge on any atom is -0.383 e. The molecular formula is C20H21F3N6O2. The number of nitrogen functional groups attached to an aromatic ring is 1. The first-order valence-corrected chi connectivity index (χ1v) is 9.64. The van der Waals surface area contributed by atoms with Gasteiger partial charge in [-0.15, -0.1) is 0 Å². The van der Waals surface area contributed by atoms with Crippen molar-refractivity contribution in [3.8, 4) is 11.1 Å². The molecule has 0 radical (unpaired) electrons. The molecular weight excluding hydrogens is 413 g/mol. The lowest BCUT2D eigenvalue weighted by molar-refractivity contribution is -0.137. The number of fused-ring (bicyclic) bond motifs is 1. The van der Waals surface area contributed by atoms with Crippen molar-refractivity contribution < 1.29 is 22.7 Å². The summed E-state index contributed by atoms with van der Waals surface area (Å²) in [6, 6.07) is 4.01. The van der Waals surface area contributed by atoms with Gasteiger partial charge in [-0.2, -0.15) is 13.2 Å². The van der Waals surface area contributed by atoms with Crippen molar-refractivity contribution in [3.63, 3.8) is 0 Å². The van der Waals surface area contributed by atoms with E-state index in [1.54, 1.807) is 40.9 Å². The number of methoxy groups -OCH3 is 1. The molecule has 3 aromatic heterocycles. The largest absolute Gasteiger partial charge is 0.419 e. The second-order valence-electron chi connectivity index (χ2n) is 7.34. The molecule has 1 fully saturated rings. The van der Waals surface area contributed by atoms with E-state index in [1.165, 1.54) is 6.20 Å². The number of carbonyl (C=O) groups excluding carboxylic acids is 1. The number of ether oxygens (including phenoxy) is 1. The maximum atomic E-state index is 13.1. The summed E-state index contributed by atoms with van der Waals surface area (Å²) in [6.07, 6.45) is 1.70. The third kappa shape index (κ3) is 4.26. The Kier molecular flexibility index (Phi) is 5.44. The number of urea groups is 1. The Bertz CT molecular complexity index is 1110. The minimum atomic E-state index is -4.60. The summed E-state index contributed by atoms with van der Waals surface area (Å²) in [6.45, 7) is 1.11. The van der Waals surface area contributed by atoms with Gasteiger partial charge in [0.1, 0.15) is 11.5 Å². The molecule has 0 bridgehead atoms. The zero-order valence-corrected chi connectivity index (χ0v) is 16.7. The molecule has 0 saturated carbocycles. The maximum absolute atomic E-state index is 13.1. The van der Waals surface area contributed by atoms with Crippen LogP contribution in [-0.2, 0) is 10.9 Å². The zero-order valence-electron chi connectivity index (χ0n) is 16.7. The van der Waals surface area contributed by atoms with Crippen LogP contribution in [0.4, 0.5) is 29.6 Å². The molecule has 1 saturated heterocycles. The monoisotopic (exact) mass is 434 g/mol. The van der Waals surface area contributed by atoms with E-state index < -0.39 is 17.6 Å². The molecule has 0 spiro atoms. The van der Waals surface area contributed by atoms with Crippen molar-refractivity contribution >= 4 is 23.3 Å². The van der Waals surface area contributed by atoms with E-state index >= 15 is 0 Å². The van der Waals surface area contributed by atoms with Crippen LogP contribution < -0.4 is 11.1 Å². The Morgan fingerprint density at radius 2 is 2.13 bits per heavy atom. The predicted octanol–water partition coefficient (Wildman–Crippen LogP) is 3.64. The van der Waals surface area contributed by atoms with E-state index in [1.807, 2.05) is 0 Å². The summed E-state index contributed by atoms with van der Waals surface area (Å²) >= 11 is 0. The number of amides is 2. The first-order chi connectivity index (χ1) is 14.8. The van der Waals surface area contributed by atoms with Crippen LogP contribution in [0.5, 0.6) is 0 Å². The van der Waals surface area contributed by atoms with Gasteiger partial charge in [0, 0.05) is 37.2 Å². The van der Waals surface area contributed by atoms with Crippen molar-refractivity contribution in [3.05, 3.63) is 42.4 Å². The topological polar surface area (TPSA) is 97.8 Å². The normalized spacial score (nSPS) is 16.8. The van der Waals surface area contributed by atoms with Gasteiger partial charge in [-0.25, -0.2) is 14.8 Å². The number of nitrogens with zero attached hydrogens (tertiary/aromatic N) is 4. The highest BCUT2D eigenvalue weighted by atomic mass is 19.4. The molecule has 1 atom stereocenters. The number of aromatic nitrogens is 3. The first kappa shape index (κ1) is 20.9. The summed E-state index contributed by atoms with van der Waals surface area (Å²) in [5, 5.41) is 2.78. The number of nitrogens with one attached hydrogen (secondary N) is 1. The van der Waals surface area contributed by atoms with Gasteiger partial charge in [-0.3, -0.25) is 5.32 Å². The van der Waals surface area contributed by atoms with E-state index in [0.29, 0.717) is 30.2 Å². The van der Waals surface area contributed by atoms with Crippen LogP contribution in [0.2, 0.25) is 0 Å². The van der Waals surface area contributed by atoms with Crippen LogP contribution in [0.25, 0.3) is 16.8 Å². The van der Waals surface area contributed by atoms with Gasteiger partial charge in [-0.1, -0.05) is 0 Å². The van der Waals surface area contributed by atoms with Gasteiger partial charge in [0.25, 0.3) is 0 Å². The van der Waals surface area contributed by atoms with Gasteiger partial charge in [0.2, 0.25) is 0 Å². The van der Waals surface area contributed by atoms with Crippen LogP contribution in [0.3, 0.4) is 0 Å². The summed E-state index contributed by atoms with van der Waals surface area (Å²) in [4.78, 5) is 22.4. The van der Waals surface area contributed by atoms with Crippen molar-refractivity contribution in [2.24, 2.45) is 0 Å². The second kappa shape index (κ2) is 8.06. The third-order valence-electron chi connectivity index (χ3n) is 5.24. The van der Waals surface area contributed by atoms with E-state index in [4.69, 9.17) is 10.5 Å². The fourth-order valence-electron chi connectivity index (χ4n) is 3.73. The number of alkyl halides is 3. The number of carbonyl (C=O) groups is 1. The van der Waals surface area contributed by atoms with Crippen LogP contribution in [0.15, 0.2) is 36.8 Å². The molecule has 3 N–H and O–H groups in total. The van der Waals surface area contributed by atoms with Gasteiger partial charge in [0.05, 0.1) is 24.4 Å². The van der Waals surface area contributed by atoms with Crippen LogP contribution in [-0.4, -0.2) is 51.6 Å². The summed E-state index contributed by atoms with van der Waals surface area (Å²) in [5.74, 6) is -0.227. The first-order valence-electron chi connectivity index (χ1n) is 9.64. The molecule has 1 aliphatic heterocycles. The van der Waals surface area contributed by atoms with Crippen molar-refractivity contribution in [1.29, 1.82) is 0 Å². The SMILES string of the molecule is COCC1CCCN1C(=O)Nc1cn2cc(-c3cnc(N)c(C(F)(F)F)c3)ccc2n1. The fraction of sp³-hybridized carbons (Fsp3) is 0.350. The molecule has 1 unspecified atom stereocenters. The molecule has 4 heterocycles. The quantitative estimate of drug-likeness (QED) is 0.653.